The minimum absolute atomic E-state index is 0.318. The van der Waals surface area contributed by atoms with Crippen LogP contribution in [0, 0.1) is 0 Å². The summed E-state index contributed by atoms with van der Waals surface area (Å²) in [5.41, 5.74) is 2.04. The van der Waals surface area contributed by atoms with Gasteiger partial charge >= 0.3 is 5.97 Å². The molecule has 1 aromatic heterocycles. The molecule has 0 saturated heterocycles. The summed E-state index contributed by atoms with van der Waals surface area (Å²) >= 11 is 5.98. The molecular weight excluding hydrogens is 382 g/mol. The third-order valence-corrected chi connectivity index (χ3v) is 4.29. The third-order valence-electron chi connectivity index (χ3n) is 4.05. The Labute approximate surface area is 166 Å². The molecule has 7 nitrogen and oxygen atoms in total. The molecule has 0 spiro atoms. The highest BCUT2D eigenvalue weighted by atomic mass is 35.5. The first kappa shape index (κ1) is 19.4. The van der Waals surface area contributed by atoms with Crippen LogP contribution in [0.2, 0.25) is 5.02 Å². The first-order valence-electron chi connectivity index (χ1n) is 8.35. The van der Waals surface area contributed by atoms with Crippen LogP contribution in [0.15, 0.2) is 54.9 Å². The summed E-state index contributed by atoms with van der Waals surface area (Å²) in [6.07, 6.45) is 3.19. The third kappa shape index (κ3) is 4.32. The summed E-state index contributed by atoms with van der Waals surface area (Å²) in [6, 6.07) is 11.9. The van der Waals surface area contributed by atoms with Crippen molar-refractivity contribution in [2.24, 2.45) is 0 Å². The highest BCUT2D eigenvalue weighted by Gasteiger charge is 2.15. The van der Waals surface area contributed by atoms with Gasteiger partial charge in [0.15, 0.2) is 0 Å². The predicted octanol–water partition coefficient (Wildman–Crippen LogP) is 3.63. The number of esters is 1. The number of amides is 1. The lowest BCUT2D eigenvalue weighted by Crippen LogP contribution is -2.13. The minimum atomic E-state index is -0.413. The molecule has 3 rings (SSSR count). The van der Waals surface area contributed by atoms with Gasteiger partial charge in [0.25, 0.3) is 5.91 Å². The van der Waals surface area contributed by atoms with Crippen LogP contribution in [0.4, 0.5) is 5.69 Å². The number of ether oxygens (including phenoxy) is 2. The number of hydrogen-bond donors (Lipinski definition) is 1. The lowest BCUT2D eigenvalue weighted by atomic mass is 10.1. The molecule has 1 amide bonds. The van der Waals surface area contributed by atoms with Gasteiger partial charge in [0.05, 0.1) is 43.8 Å². The molecule has 0 unspecified atom stereocenters. The van der Waals surface area contributed by atoms with Crippen LogP contribution in [0.5, 0.6) is 5.75 Å². The molecular formula is C20H18ClN3O4. The number of carbonyl (C=O) groups excluding carboxylic acids is 2. The lowest BCUT2D eigenvalue weighted by molar-refractivity contribution is 0.0599. The number of benzene rings is 2. The van der Waals surface area contributed by atoms with Crippen LogP contribution < -0.4 is 10.1 Å². The van der Waals surface area contributed by atoms with Crippen molar-refractivity contribution >= 4 is 29.2 Å². The Morgan fingerprint density at radius 1 is 1.14 bits per heavy atom. The number of nitrogens with zero attached hydrogens (tertiary/aromatic N) is 2. The second-order valence-corrected chi connectivity index (χ2v) is 6.31. The van der Waals surface area contributed by atoms with Crippen molar-refractivity contribution in [1.82, 2.24) is 9.78 Å². The molecule has 0 fully saturated rings. The second kappa shape index (κ2) is 8.58. The van der Waals surface area contributed by atoms with Crippen molar-refractivity contribution < 1.29 is 19.1 Å². The average molecular weight is 400 g/mol. The highest BCUT2D eigenvalue weighted by molar-refractivity contribution is 6.31. The van der Waals surface area contributed by atoms with E-state index in [4.69, 9.17) is 21.1 Å². The van der Waals surface area contributed by atoms with E-state index in [1.54, 1.807) is 35.1 Å². The zero-order valence-corrected chi connectivity index (χ0v) is 16.1. The summed E-state index contributed by atoms with van der Waals surface area (Å²) in [5.74, 6) is -0.362. The van der Waals surface area contributed by atoms with E-state index in [1.165, 1.54) is 26.5 Å². The molecule has 1 heterocycles. The Morgan fingerprint density at radius 3 is 2.68 bits per heavy atom. The number of hydrogen-bond acceptors (Lipinski definition) is 5. The molecule has 0 radical (unpaired) electrons. The molecule has 1 N–H and O–H groups in total. The van der Waals surface area contributed by atoms with Crippen LogP contribution in [-0.2, 0) is 11.3 Å². The van der Waals surface area contributed by atoms with Crippen molar-refractivity contribution in [3.63, 3.8) is 0 Å². The summed E-state index contributed by atoms with van der Waals surface area (Å²) < 4.78 is 11.6. The van der Waals surface area contributed by atoms with E-state index in [9.17, 15) is 9.59 Å². The predicted molar refractivity (Wildman–Crippen MR) is 105 cm³/mol. The molecule has 28 heavy (non-hydrogen) atoms. The quantitative estimate of drug-likeness (QED) is 0.640. The van der Waals surface area contributed by atoms with Gasteiger partial charge < -0.3 is 14.8 Å². The zero-order chi connectivity index (χ0) is 20.1. The number of aromatic nitrogens is 2. The van der Waals surface area contributed by atoms with Gasteiger partial charge in [0, 0.05) is 11.2 Å². The molecule has 3 aromatic rings. The average Bonchev–Trinajstić information content (AvgIpc) is 3.14. The SMILES string of the molecule is COC(=O)c1ccccc1Cn1cc(NC(=O)c2cc(Cl)ccc2OC)cn1. The Balaban J connectivity index is 1.76. The zero-order valence-electron chi connectivity index (χ0n) is 15.3. The van der Waals surface area contributed by atoms with Crippen LogP contribution >= 0.6 is 11.6 Å². The van der Waals surface area contributed by atoms with E-state index in [-0.39, 0.29) is 5.91 Å². The van der Waals surface area contributed by atoms with E-state index >= 15 is 0 Å². The first-order chi connectivity index (χ1) is 13.5. The largest absolute Gasteiger partial charge is 0.496 e. The maximum atomic E-state index is 12.5. The molecule has 2 aromatic carbocycles. The molecule has 0 saturated carbocycles. The van der Waals surface area contributed by atoms with Crippen LogP contribution in [-0.4, -0.2) is 35.9 Å². The van der Waals surface area contributed by atoms with E-state index in [1.807, 2.05) is 12.1 Å². The van der Waals surface area contributed by atoms with Gasteiger partial charge in [0.2, 0.25) is 0 Å². The molecule has 0 aliphatic heterocycles. The Morgan fingerprint density at radius 2 is 1.93 bits per heavy atom. The van der Waals surface area contributed by atoms with Gasteiger partial charge in [-0.25, -0.2) is 4.79 Å². The van der Waals surface area contributed by atoms with Gasteiger partial charge in [0.1, 0.15) is 5.75 Å². The van der Waals surface area contributed by atoms with Gasteiger partial charge in [-0.05, 0) is 29.8 Å². The fourth-order valence-corrected chi connectivity index (χ4v) is 2.88. The Bertz CT molecular complexity index is 1020. The van der Waals surface area contributed by atoms with Crippen molar-refractivity contribution in [3.05, 3.63) is 76.6 Å². The van der Waals surface area contributed by atoms with Crippen LogP contribution in [0.25, 0.3) is 0 Å². The Hall–Kier alpha value is -3.32. The number of rotatable bonds is 6. The standard InChI is InChI=1S/C20H18ClN3O4/c1-27-18-8-7-14(21)9-17(18)19(25)23-15-10-22-24(12-15)11-13-5-3-4-6-16(13)20(26)28-2/h3-10,12H,11H2,1-2H3,(H,23,25). The fourth-order valence-electron chi connectivity index (χ4n) is 2.71. The highest BCUT2D eigenvalue weighted by Crippen LogP contribution is 2.23. The summed E-state index contributed by atoms with van der Waals surface area (Å²) in [6.45, 7) is 0.349. The van der Waals surface area contributed by atoms with Crippen LogP contribution in [0.3, 0.4) is 0 Å². The summed E-state index contributed by atoms with van der Waals surface area (Å²) in [5, 5.41) is 7.43. The number of halogens is 1. The fraction of sp³-hybridized carbons (Fsp3) is 0.150. The smallest absolute Gasteiger partial charge is 0.338 e. The Kier molecular flexibility index (Phi) is 5.96. The molecule has 0 aliphatic carbocycles. The molecule has 0 bridgehead atoms. The van der Waals surface area contributed by atoms with Crippen molar-refractivity contribution in [2.45, 2.75) is 6.54 Å². The van der Waals surface area contributed by atoms with E-state index in [0.717, 1.165) is 5.56 Å². The van der Waals surface area contributed by atoms with Gasteiger partial charge in [-0.15, -0.1) is 0 Å². The normalized spacial score (nSPS) is 10.4. The van der Waals surface area contributed by atoms with Gasteiger partial charge in [-0.3, -0.25) is 9.48 Å². The number of anilines is 1. The van der Waals surface area contributed by atoms with Gasteiger partial charge in [-0.2, -0.15) is 5.10 Å². The number of nitrogens with one attached hydrogen (secondary N) is 1. The number of methoxy groups -OCH3 is 2. The molecule has 144 valence electrons. The maximum absolute atomic E-state index is 12.5. The van der Waals surface area contributed by atoms with Crippen molar-refractivity contribution in [2.75, 3.05) is 19.5 Å². The van der Waals surface area contributed by atoms with Gasteiger partial charge in [-0.1, -0.05) is 29.8 Å². The maximum Gasteiger partial charge on any atom is 0.338 e. The molecule has 0 atom stereocenters. The minimum Gasteiger partial charge on any atom is -0.496 e. The summed E-state index contributed by atoms with van der Waals surface area (Å²) in [4.78, 5) is 24.4. The first-order valence-corrected chi connectivity index (χ1v) is 8.73. The second-order valence-electron chi connectivity index (χ2n) is 5.87. The van der Waals surface area contributed by atoms with Crippen LogP contribution in [0.1, 0.15) is 26.3 Å². The van der Waals surface area contributed by atoms with Crippen molar-refractivity contribution in [1.29, 1.82) is 0 Å². The monoisotopic (exact) mass is 399 g/mol. The summed E-state index contributed by atoms with van der Waals surface area (Å²) in [7, 11) is 2.82. The number of carbonyl (C=O) groups is 2. The molecule has 0 aliphatic rings. The van der Waals surface area contributed by atoms with E-state index in [2.05, 4.69) is 10.4 Å². The lowest BCUT2D eigenvalue weighted by Gasteiger charge is -2.09. The van der Waals surface area contributed by atoms with E-state index < -0.39 is 5.97 Å². The van der Waals surface area contributed by atoms with Crippen molar-refractivity contribution in [3.8, 4) is 5.75 Å². The molecule has 8 heteroatoms. The van der Waals surface area contributed by atoms with E-state index in [0.29, 0.717) is 34.1 Å². The topological polar surface area (TPSA) is 82.5 Å².